The van der Waals surface area contributed by atoms with Crippen molar-refractivity contribution in [3.05, 3.63) is 78.1 Å². The molecule has 0 radical (unpaired) electrons. The highest BCUT2D eigenvalue weighted by Gasteiger charge is 2.04. The molecule has 0 saturated heterocycles. The molecular weight excluding hydrogens is 294 g/mol. The van der Waals surface area contributed by atoms with Crippen LogP contribution in [-0.4, -0.2) is 9.78 Å². The van der Waals surface area contributed by atoms with Crippen molar-refractivity contribution in [2.75, 3.05) is 0 Å². The average Bonchev–Trinajstić information content (AvgIpc) is 2.97. The third-order valence-electron chi connectivity index (χ3n) is 3.59. The van der Waals surface area contributed by atoms with Gasteiger partial charge in [0, 0.05) is 17.8 Å². The molecule has 1 aromatic heterocycles. The van der Waals surface area contributed by atoms with Crippen LogP contribution < -0.4 is 5.73 Å². The zero-order valence-corrected chi connectivity index (χ0v) is 13.3. The summed E-state index contributed by atoms with van der Waals surface area (Å²) in [4.78, 5) is 0. The molecule has 0 spiro atoms. The molecule has 1 atom stereocenters. The van der Waals surface area contributed by atoms with Crippen molar-refractivity contribution in [3.8, 4) is 11.1 Å². The summed E-state index contributed by atoms with van der Waals surface area (Å²) >= 11 is 0. The fraction of sp³-hybridized carbons (Fsp3) is 0.167. The predicted octanol–water partition coefficient (Wildman–Crippen LogP) is 4.04. The first-order valence-electron chi connectivity index (χ1n) is 7.14. The Morgan fingerprint density at radius 2 is 1.68 bits per heavy atom. The van der Waals surface area contributed by atoms with Crippen molar-refractivity contribution >= 4 is 12.4 Å². The van der Waals surface area contributed by atoms with Crippen molar-refractivity contribution < 1.29 is 0 Å². The SMILES string of the molecule is C[C@H](N)c1ccc(-c2cnn(Cc3ccccc3)c2)cc1.Cl. The molecule has 22 heavy (non-hydrogen) atoms. The second kappa shape index (κ2) is 7.25. The maximum atomic E-state index is 5.88. The first-order valence-corrected chi connectivity index (χ1v) is 7.14. The van der Waals surface area contributed by atoms with Crippen molar-refractivity contribution in [1.29, 1.82) is 0 Å². The van der Waals surface area contributed by atoms with Gasteiger partial charge in [-0.3, -0.25) is 4.68 Å². The summed E-state index contributed by atoms with van der Waals surface area (Å²) in [5, 5.41) is 4.44. The van der Waals surface area contributed by atoms with E-state index in [9.17, 15) is 0 Å². The van der Waals surface area contributed by atoms with Gasteiger partial charge >= 0.3 is 0 Å². The van der Waals surface area contributed by atoms with Crippen LogP contribution in [0.4, 0.5) is 0 Å². The molecule has 2 aromatic carbocycles. The smallest absolute Gasteiger partial charge is 0.0659 e. The summed E-state index contributed by atoms with van der Waals surface area (Å²) in [5.41, 5.74) is 10.6. The monoisotopic (exact) mass is 313 g/mol. The molecule has 3 aromatic rings. The van der Waals surface area contributed by atoms with Gasteiger partial charge in [0.15, 0.2) is 0 Å². The highest BCUT2D eigenvalue weighted by atomic mass is 35.5. The van der Waals surface area contributed by atoms with E-state index in [2.05, 4.69) is 47.7 Å². The Hall–Kier alpha value is -2.10. The lowest BCUT2D eigenvalue weighted by Gasteiger charge is -2.05. The van der Waals surface area contributed by atoms with Crippen LogP contribution in [0.3, 0.4) is 0 Å². The summed E-state index contributed by atoms with van der Waals surface area (Å²) in [7, 11) is 0. The first kappa shape index (κ1) is 16.3. The van der Waals surface area contributed by atoms with E-state index in [1.807, 2.05) is 36.0 Å². The fourth-order valence-electron chi connectivity index (χ4n) is 2.35. The van der Waals surface area contributed by atoms with Gasteiger partial charge in [0.1, 0.15) is 0 Å². The van der Waals surface area contributed by atoms with E-state index in [4.69, 9.17) is 5.73 Å². The number of halogens is 1. The van der Waals surface area contributed by atoms with E-state index in [0.717, 1.165) is 17.7 Å². The Balaban J connectivity index is 0.00000176. The van der Waals surface area contributed by atoms with E-state index in [1.165, 1.54) is 11.1 Å². The van der Waals surface area contributed by atoms with Crippen LogP contribution >= 0.6 is 12.4 Å². The number of rotatable bonds is 4. The number of nitrogens with zero attached hydrogens (tertiary/aromatic N) is 2. The Kier molecular flexibility index (Phi) is 5.36. The largest absolute Gasteiger partial charge is 0.324 e. The molecule has 4 heteroatoms. The number of nitrogens with two attached hydrogens (primary N) is 1. The summed E-state index contributed by atoms with van der Waals surface area (Å²) in [6.45, 7) is 2.78. The summed E-state index contributed by atoms with van der Waals surface area (Å²) < 4.78 is 1.96. The van der Waals surface area contributed by atoms with Crippen LogP contribution in [0.1, 0.15) is 24.1 Å². The van der Waals surface area contributed by atoms with Gasteiger partial charge in [-0.15, -0.1) is 12.4 Å². The highest BCUT2D eigenvalue weighted by molar-refractivity contribution is 5.85. The van der Waals surface area contributed by atoms with Gasteiger partial charge < -0.3 is 5.73 Å². The lowest BCUT2D eigenvalue weighted by molar-refractivity contribution is 0.687. The van der Waals surface area contributed by atoms with Gasteiger partial charge in [0.05, 0.1) is 12.7 Å². The summed E-state index contributed by atoms with van der Waals surface area (Å²) in [6, 6.07) is 18.8. The third-order valence-corrected chi connectivity index (χ3v) is 3.59. The molecule has 0 bridgehead atoms. The van der Waals surface area contributed by atoms with Crippen LogP contribution in [0.2, 0.25) is 0 Å². The Labute approximate surface area is 137 Å². The van der Waals surface area contributed by atoms with Gasteiger partial charge in [0.25, 0.3) is 0 Å². The standard InChI is InChI=1S/C18H19N3.ClH/c1-14(19)16-7-9-17(10-8-16)18-11-20-21(13-18)12-15-5-3-2-4-6-15;/h2-11,13-14H,12,19H2,1H3;1H/t14-;/m0./s1. The number of benzene rings is 2. The first-order chi connectivity index (χ1) is 10.2. The highest BCUT2D eigenvalue weighted by Crippen LogP contribution is 2.21. The molecule has 0 aliphatic rings. The van der Waals surface area contributed by atoms with Crippen LogP contribution in [0, 0.1) is 0 Å². The lowest BCUT2D eigenvalue weighted by Crippen LogP contribution is -2.04. The minimum Gasteiger partial charge on any atom is -0.324 e. The van der Waals surface area contributed by atoms with Gasteiger partial charge in [-0.25, -0.2) is 0 Å². The van der Waals surface area contributed by atoms with E-state index in [-0.39, 0.29) is 18.4 Å². The second-order valence-electron chi connectivity index (χ2n) is 5.32. The third kappa shape index (κ3) is 3.75. The van der Waals surface area contributed by atoms with Gasteiger partial charge in [-0.2, -0.15) is 5.10 Å². The molecule has 0 amide bonds. The van der Waals surface area contributed by atoms with E-state index in [0.29, 0.717) is 0 Å². The molecule has 0 unspecified atom stereocenters. The van der Waals surface area contributed by atoms with Crippen molar-refractivity contribution in [2.45, 2.75) is 19.5 Å². The Morgan fingerprint density at radius 1 is 1.00 bits per heavy atom. The Morgan fingerprint density at radius 3 is 2.32 bits per heavy atom. The Bertz CT molecular complexity index is 703. The number of hydrogen-bond donors (Lipinski definition) is 1. The fourth-order valence-corrected chi connectivity index (χ4v) is 2.35. The van der Waals surface area contributed by atoms with Crippen LogP contribution in [0.5, 0.6) is 0 Å². The van der Waals surface area contributed by atoms with Gasteiger partial charge in [0.2, 0.25) is 0 Å². The van der Waals surface area contributed by atoms with Crippen LogP contribution in [-0.2, 0) is 6.54 Å². The molecule has 0 fully saturated rings. The second-order valence-corrected chi connectivity index (χ2v) is 5.32. The molecule has 0 saturated carbocycles. The van der Waals surface area contributed by atoms with Crippen molar-refractivity contribution in [2.24, 2.45) is 5.73 Å². The molecule has 114 valence electrons. The molecule has 0 aliphatic carbocycles. The van der Waals surface area contributed by atoms with Crippen LogP contribution in [0.15, 0.2) is 67.0 Å². The van der Waals surface area contributed by atoms with Crippen molar-refractivity contribution in [3.63, 3.8) is 0 Å². The van der Waals surface area contributed by atoms with Crippen molar-refractivity contribution in [1.82, 2.24) is 9.78 Å². The summed E-state index contributed by atoms with van der Waals surface area (Å²) in [5.74, 6) is 0. The van der Waals surface area contributed by atoms with Crippen LogP contribution in [0.25, 0.3) is 11.1 Å². The quantitative estimate of drug-likeness (QED) is 0.790. The van der Waals surface area contributed by atoms with E-state index in [1.54, 1.807) is 0 Å². The lowest BCUT2D eigenvalue weighted by atomic mass is 10.0. The topological polar surface area (TPSA) is 43.8 Å². The zero-order chi connectivity index (χ0) is 14.7. The number of aromatic nitrogens is 2. The van der Waals surface area contributed by atoms with E-state index >= 15 is 0 Å². The van der Waals surface area contributed by atoms with Gasteiger partial charge in [-0.1, -0.05) is 54.6 Å². The molecule has 2 N–H and O–H groups in total. The molecular formula is C18H20ClN3. The molecule has 0 aliphatic heterocycles. The van der Waals surface area contributed by atoms with Gasteiger partial charge in [-0.05, 0) is 23.6 Å². The molecule has 3 nitrogen and oxygen atoms in total. The zero-order valence-electron chi connectivity index (χ0n) is 12.5. The maximum Gasteiger partial charge on any atom is 0.0659 e. The minimum absolute atomic E-state index is 0. The average molecular weight is 314 g/mol. The molecule has 3 rings (SSSR count). The predicted molar refractivity (Wildman–Crippen MR) is 93.1 cm³/mol. The molecule has 1 heterocycles. The normalized spacial score (nSPS) is 11.7. The number of hydrogen-bond acceptors (Lipinski definition) is 2. The summed E-state index contributed by atoms with van der Waals surface area (Å²) in [6.07, 6.45) is 3.98. The van der Waals surface area contributed by atoms with E-state index < -0.39 is 0 Å². The minimum atomic E-state index is 0. The maximum absolute atomic E-state index is 5.88.